The van der Waals surface area contributed by atoms with Crippen molar-refractivity contribution in [3.05, 3.63) is 29.8 Å². The van der Waals surface area contributed by atoms with E-state index in [-0.39, 0.29) is 24.9 Å². The molecule has 1 aromatic carbocycles. The van der Waals surface area contributed by atoms with Crippen LogP contribution in [0.5, 0.6) is 0 Å². The summed E-state index contributed by atoms with van der Waals surface area (Å²) in [6.07, 6.45) is 2.12. The number of anilines is 1. The van der Waals surface area contributed by atoms with Gasteiger partial charge in [-0.3, -0.25) is 4.79 Å². The number of carbonyl (C=O) groups excluding carboxylic acids is 1. The fourth-order valence-corrected chi connectivity index (χ4v) is 2.29. The molecule has 1 atom stereocenters. The van der Waals surface area contributed by atoms with E-state index >= 15 is 0 Å². The Balaban J connectivity index is 0.00000400. The zero-order valence-electron chi connectivity index (χ0n) is 12.8. The van der Waals surface area contributed by atoms with Gasteiger partial charge in [-0.15, -0.1) is 12.4 Å². The molecule has 5 heteroatoms. The summed E-state index contributed by atoms with van der Waals surface area (Å²) in [4.78, 5) is 11.9. The van der Waals surface area contributed by atoms with Crippen molar-refractivity contribution in [2.45, 2.75) is 33.1 Å². The Morgan fingerprint density at radius 2 is 1.90 bits per heavy atom. The molecule has 0 saturated carbocycles. The number of aliphatic hydroxyl groups is 1. The molecule has 0 heterocycles. The van der Waals surface area contributed by atoms with E-state index in [4.69, 9.17) is 10.8 Å². The predicted molar refractivity (Wildman–Crippen MR) is 89.5 cm³/mol. The molecule has 1 rings (SSSR count). The third-order valence-corrected chi connectivity index (χ3v) is 3.27. The standard InChI is InChI=1S/C16H26N2O2.ClH/c1-12(2)9-14(7-8-19)11-18-16(20)10-13-3-5-15(17)6-4-13;/h3-6,12,14,19H,7-11,17H2,1-2H3,(H,18,20);1H. The van der Waals surface area contributed by atoms with E-state index in [1.807, 2.05) is 12.1 Å². The van der Waals surface area contributed by atoms with E-state index in [1.165, 1.54) is 0 Å². The van der Waals surface area contributed by atoms with Gasteiger partial charge in [-0.25, -0.2) is 0 Å². The van der Waals surface area contributed by atoms with E-state index < -0.39 is 0 Å². The van der Waals surface area contributed by atoms with Crippen molar-refractivity contribution in [3.8, 4) is 0 Å². The molecule has 0 bridgehead atoms. The van der Waals surface area contributed by atoms with Crippen molar-refractivity contribution in [2.24, 2.45) is 11.8 Å². The quantitative estimate of drug-likeness (QED) is 0.645. The van der Waals surface area contributed by atoms with E-state index in [9.17, 15) is 4.79 Å². The van der Waals surface area contributed by atoms with Crippen molar-refractivity contribution >= 4 is 24.0 Å². The van der Waals surface area contributed by atoms with Gasteiger partial charge in [-0.1, -0.05) is 26.0 Å². The number of aliphatic hydroxyl groups excluding tert-OH is 1. The summed E-state index contributed by atoms with van der Waals surface area (Å²) in [5.74, 6) is 0.928. The van der Waals surface area contributed by atoms with Crippen LogP contribution in [0.3, 0.4) is 0 Å². The summed E-state index contributed by atoms with van der Waals surface area (Å²) >= 11 is 0. The average molecular weight is 315 g/mol. The van der Waals surface area contributed by atoms with Crippen molar-refractivity contribution in [3.63, 3.8) is 0 Å². The molecule has 1 unspecified atom stereocenters. The molecule has 0 saturated heterocycles. The fraction of sp³-hybridized carbons (Fsp3) is 0.562. The van der Waals surface area contributed by atoms with Gasteiger partial charge in [0.25, 0.3) is 0 Å². The van der Waals surface area contributed by atoms with Gasteiger partial charge in [0.1, 0.15) is 0 Å². The van der Waals surface area contributed by atoms with E-state index in [0.717, 1.165) is 18.4 Å². The molecule has 4 nitrogen and oxygen atoms in total. The van der Waals surface area contributed by atoms with Gasteiger partial charge >= 0.3 is 0 Å². The van der Waals surface area contributed by atoms with Gasteiger partial charge < -0.3 is 16.2 Å². The molecule has 120 valence electrons. The van der Waals surface area contributed by atoms with E-state index in [2.05, 4.69) is 19.2 Å². The zero-order chi connectivity index (χ0) is 15.0. The molecule has 0 aromatic heterocycles. The molecule has 21 heavy (non-hydrogen) atoms. The number of rotatable bonds is 8. The van der Waals surface area contributed by atoms with Gasteiger partial charge in [0.15, 0.2) is 0 Å². The summed E-state index contributed by atoms with van der Waals surface area (Å²) in [5.41, 5.74) is 7.27. The Morgan fingerprint density at radius 1 is 1.29 bits per heavy atom. The Morgan fingerprint density at radius 3 is 2.43 bits per heavy atom. The number of amides is 1. The summed E-state index contributed by atoms with van der Waals surface area (Å²) in [6.45, 7) is 5.11. The number of nitrogens with one attached hydrogen (secondary N) is 1. The third-order valence-electron chi connectivity index (χ3n) is 3.27. The second-order valence-corrected chi connectivity index (χ2v) is 5.73. The topological polar surface area (TPSA) is 75.3 Å². The monoisotopic (exact) mass is 314 g/mol. The number of halogens is 1. The van der Waals surface area contributed by atoms with Crippen molar-refractivity contribution in [2.75, 3.05) is 18.9 Å². The normalized spacial score (nSPS) is 11.8. The molecule has 0 fully saturated rings. The molecular formula is C16H27ClN2O2. The van der Waals surface area contributed by atoms with Crippen LogP contribution in [0.4, 0.5) is 5.69 Å². The van der Waals surface area contributed by atoms with Crippen LogP contribution in [0.15, 0.2) is 24.3 Å². The second-order valence-electron chi connectivity index (χ2n) is 5.73. The molecule has 0 radical (unpaired) electrons. The van der Waals surface area contributed by atoms with Gasteiger partial charge in [0.2, 0.25) is 5.91 Å². The van der Waals surface area contributed by atoms with Gasteiger partial charge in [0, 0.05) is 18.8 Å². The number of nitrogen functional groups attached to an aromatic ring is 1. The van der Waals surface area contributed by atoms with Gasteiger partial charge in [-0.05, 0) is 42.4 Å². The number of carbonyl (C=O) groups is 1. The molecule has 1 aromatic rings. The van der Waals surface area contributed by atoms with Crippen LogP contribution < -0.4 is 11.1 Å². The lowest BCUT2D eigenvalue weighted by Crippen LogP contribution is -2.31. The van der Waals surface area contributed by atoms with Crippen molar-refractivity contribution in [1.82, 2.24) is 5.32 Å². The Kier molecular flexibility index (Phi) is 9.84. The average Bonchev–Trinajstić information content (AvgIpc) is 2.38. The smallest absolute Gasteiger partial charge is 0.224 e. The maximum absolute atomic E-state index is 11.9. The highest BCUT2D eigenvalue weighted by Crippen LogP contribution is 2.14. The SMILES string of the molecule is CC(C)CC(CCO)CNC(=O)Cc1ccc(N)cc1.Cl. The lowest BCUT2D eigenvalue weighted by molar-refractivity contribution is -0.120. The summed E-state index contributed by atoms with van der Waals surface area (Å²) in [7, 11) is 0. The van der Waals surface area contributed by atoms with Crippen LogP contribution >= 0.6 is 12.4 Å². The highest BCUT2D eigenvalue weighted by Gasteiger charge is 2.12. The van der Waals surface area contributed by atoms with Crippen molar-refractivity contribution < 1.29 is 9.90 Å². The van der Waals surface area contributed by atoms with E-state index in [0.29, 0.717) is 30.5 Å². The maximum Gasteiger partial charge on any atom is 0.224 e. The second kappa shape index (κ2) is 10.5. The lowest BCUT2D eigenvalue weighted by Gasteiger charge is -2.18. The minimum atomic E-state index is 0. The minimum Gasteiger partial charge on any atom is -0.399 e. The minimum absolute atomic E-state index is 0. The number of nitrogens with two attached hydrogens (primary N) is 1. The first-order valence-electron chi connectivity index (χ1n) is 7.23. The molecular weight excluding hydrogens is 288 g/mol. The third kappa shape index (κ3) is 8.58. The highest BCUT2D eigenvalue weighted by atomic mass is 35.5. The number of hydrogen-bond donors (Lipinski definition) is 3. The van der Waals surface area contributed by atoms with Crippen LogP contribution in [0.25, 0.3) is 0 Å². The van der Waals surface area contributed by atoms with Crippen LogP contribution in [0, 0.1) is 11.8 Å². The van der Waals surface area contributed by atoms with Crippen LogP contribution in [0.1, 0.15) is 32.3 Å². The first kappa shape index (κ1) is 19.7. The largest absolute Gasteiger partial charge is 0.399 e. The Bertz CT molecular complexity index is 407. The summed E-state index contributed by atoms with van der Waals surface area (Å²) < 4.78 is 0. The summed E-state index contributed by atoms with van der Waals surface area (Å²) in [5, 5.41) is 12.0. The predicted octanol–water partition coefficient (Wildman–Crippen LogP) is 2.39. The Hall–Kier alpha value is -1.26. The molecule has 0 spiro atoms. The molecule has 0 aliphatic heterocycles. The molecule has 0 aliphatic carbocycles. The fourth-order valence-electron chi connectivity index (χ4n) is 2.29. The Labute approximate surface area is 133 Å². The number of benzene rings is 1. The highest BCUT2D eigenvalue weighted by molar-refractivity contribution is 5.85. The maximum atomic E-state index is 11.9. The van der Waals surface area contributed by atoms with E-state index in [1.54, 1.807) is 12.1 Å². The number of hydrogen-bond acceptors (Lipinski definition) is 3. The van der Waals surface area contributed by atoms with Gasteiger partial charge in [0.05, 0.1) is 6.42 Å². The van der Waals surface area contributed by atoms with Crippen LogP contribution in [-0.2, 0) is 11.2 Å². The molecule has 1 amide bonds. The first-order chi connectivity index (χ1) is 9.51. The van der Waals surface area contributed by atoms with Crippen LogP contribution in [-0.4, -0.2) is 24.2 Å². The molecule has 4 N–H and O–H groups in total. The van der Waals surface area contributed by atoms with Crippen LogP contribution in [0.2, 0.25) is 0 Å². The lowest BCUT2D eigenvalue weighted by atomic mass is 9.94. The van der Waals surface area contributed by atoms with Gasteiger partial charge in [-0.2, -0.15) is 0 Å². The summed E-state index contributed by atoms with van der Waals surface area (Å²) in [6, 6.07) is 7.34. The molecule has 0 aliphatic rings. The van der Waals surface area contributed by atoms with Crippen molar-refractivity contribution in [1.29, 1.82) is 0 Å². The first-order valence-corrected chi connectivity index (χ1v) is 7.23. The zero-order valence-corrected chi connectivity index (χ0v) is 13.7.